The normalized spacial score (nSPS) is 14.2. The van der Waals surface area contributed by atoms with Crippen LogP contribution in [0.15, 0.2) is 6.20 Å². The molecule has 1 unspecified atom stereocenters. The van der Waals surface area contributed by atoms with E-state index in [1.165, 1.54) is 0 Å². The van der Waals surface area contributed by atoms with Crippen molar-refractivity contribution in [3.8, 4) is 0 Å². The van der Waals surface area contributed by atoms with E-state index in [1.807, 2.05) is 10.9 Å². The molecule has 86 valence electrons. The summed E-state index contributed by atoms with van der Waals surface area (Å²) in [7, 11) is 0. The van der Waals surface area contributed by atoms with Crippen LogP contribution in [0.4, 0.5) is 0 Å². The second-order valence-corrected chi connectivity index (χ2v) is 4.87. The van der Waals surface area contributed by atoms with E-state index in [9.17, 15) is 0 Å². The van der Waals surface area contributed by atoms with Gasteiger partial charge in [0.1, 0.15) is 0 Å². The van der Waals surface area contributed by atoms with Crippen molar-refractivity contribution in [1.82, 2.24) is 15.0 Å². The first-order chi connectivity index (χ1) is 6.99. The Balaban J connectivity index is 2.75. The predicted molar refractivity (Wildman–Crippen MR) is 61.6 cm³/mol. The van der Waals surface area contributed by atoms with Crippen molar-refractivity contribution in [3.63, 3.8) is 0 Å². The monoisotopic (exact) mass is 210 g/mol. The van der Waals surface area contributed by atoms with E-state index < -0.39 is 0 Å². The zero-order valence-electron chi connectivity index (χ0n) is 10.2. The maximum atomic E-state index is 5.64. The van der Waals surface area contributed by atoms with E-state index in [-0.39, 0.29) is 5.54 Å². The van der Waals surface area contributed by atoms with E-state index in [1.54, 1.807) is 0 Å². The second-order valence-electron chi connectivity index (χ2n) is 4.87. The topological polar surface area (TPSA) is 56.7 Å². The summed E-state index contributed by atoms with van der Waals surface area (Å²) in [5.74, 6) is 0.509. The molecule has 4 heteroatoms. The standard InChI is InChI=1S/C11H22N4/c1-5-10-8-15(14-13-10)11(3,4)6-9(2)7-12/h8-9H,5-7,12H2,1-4H3. The molecular formula is C11H22N4. The van der Waals surface area contributed by atoms with Gasteiger partial charge in [0.15, 0.2) is 0 Å². The zero-order valence-corrected chi connectivity index (χ0v) is 10.2. The lowest BCUT2D eigenvalue weighted by Crippen LogP contribution is -2.31. The number of aromatic nitrogens is 3. The van der Waals surface area contributed by atoms with Gasteiger partial charge in [-0.05, 0) is 39.2 Å². The number of hydrogen-bond donors (Lipinski definition) is 1. The number of hydrogen-bond acceptors (Lipinski definition) is 3. The van der Waals surface area contributed by atoms with Gasteiger partial charge in [0.25, 0.3) is 0 Å². The smallest absolute Gasteiger partial charge is 0.0824 e. The van der Waals surface area contributed by atoms with E-state index in [0.717, 1.165) is 25.1 Å². The van der Waals surface area contributed by atoms with E-state index in [2.05, 4.69) is 38.0 Å². The fraction of sp³-hybridized carbons (Fsp3) is 0.818. The van der Waals surface area contributed by atoms with Gasteiger partial charge in [-0.1, -0.05) is 19.1 Å². The summed E-state index contributed by atoms with van der Waals surface area (Å²) in [4.78, 5) is 0. The van der Waals surface area contributed by atoms with Crippen molar-refractivity contribution in [2.24, 2.45) is 11.7 Å². The number of nitrogens with two attached hydrogens (primary N) is 1. The minimum atomic E-state index is -0.000787. The van der Waals surface area contributed by atoms with Crippen molar-refractivity contribution in [3.05, 3.63) is 11.9 Å². The van der Waals surface area contributed by atoms with Gasteiger partial charge in [0, 0.05) is 6.20 Å². The first-order valence-corrected chi connectivity index (χ1v) is 5.61. The van der Waals surface area contributed by atoms with Crippen molar-refractivity contribution in [2.45, 2.75) is 46.1 Å². The summed E-state index contributed by atoms with van der Waals surface area (Å²) in [6.07, 6.45) is 3.99. The van der Waals surface area contributed by atoms with Crippen LogP contribution < -0.4 is 5.73 Å². The highest BCUT2D eigenvalue weighted by atomic mass is 15.4. The summed E-state index contributed by atoms with van der Waals surface area (Å²) < 4.78 is 1.96. The molecule has 0 saturated heterocycles. The zero-order chi connectivity index (χ0) is 11.5. The van der Waals surface area contributed by atoms with Crippen molar-refractivity contribution in [2.75, 3.05) is 6.54 Å². The average Bonchev–Trinajstić information content (AvgIpc) is 2.65. The van der Waals surface area contributed by atoms with Crippen molar-refractivity contribution < 1.29 is 0 Å². The molecule has 1 heterocycles. The first kappa shape index (κ1) is 12.2. The minimum absolute atomic E-state index is 0.000787. The molecule has 0 aliphatic carbocycles. The van der Waals surface area contributed by atoms with Crippen LogP contribution in [0.3, 0.4) is 0 Å². The molecule has 0 spiro atoms. The van der Waals surface area contributed by atoms with Gasteiger partial charge in [-0.3, -0.25) is 0 Å². The molecule has 1 rings (SSSR count). The summed E-state index contributed by atoms with van der Waals surface area (Å²) in [5, 5.41) is 8.29. The molecule has 0 fully saturated rings. The van der Waals surface area contributed by atoms with E-state index in [0.29, 0.717) is 5.92 Å². The van der Waals surface area contributed by atoms with Crippen LogP contribution in [-0.2, 0) is 12.0 Å². The molecule has 2 N–H and O–H groups in total. The van der Waals surface area contributed by atoms with Crippen LogP contribution in [0.5, 0.6) is 0 Å². The van der Waals surface area contributed by atoms with Crippen LogP contribution in [0.25, 0.3) is 0 Å². The van der Waals surface area contributed by atoms with E-state index >= 15 is 0 Å². The maximum absolute atomic E-state index is 5.64. The quantitative estimate of drug-likeness (QED) is 0.802. The molecule has 15 heavy (non-hydrogen) atoms. The molecule has 1 aromatic rings. The molecular weight excluding hydrogens is 188 g/mol. The lowest BCUT2D eigenvalue weighted by Gasteiger charge is -2.27. The van der Waals surface area contributed by atoms with Gasteiger partial charge in [-0.2, -0.15) is 0 Å². The van der Waals surface area contributed by atoms with Crippen LogP contribution in [0.1, 0.15) is 39.8 Å². The highest BCUT2D eigenvalue weighted by molar-refractivity contribution is 4.94. The molecule has 1 aromatic heterocycles. The Morgan fingerprint density at radius 3 is 2.67 bits per heavy atom. The highest BCUT2D eigenvalue weighted by Crippen LogP contribution is 2.23. The molecule has 0 saturated carbocycles. The lowest BCUT2D eigenvalue weighted by molar-refractivity contribution is 0.249. The van der Waals surface area contributed by atoms with Gasteiger partial charge < -0.3 is 5.73 Å². The third kappa shape index (κ3) is 3.02. The van der Waals surface area contributed by atoms with Gasteiger partial charge in [0.05, 0.1) is 11.2 Å². The molecule has 0 amide bonds. The van der Waals surface area contributed by atoms with Gasteiger partial charge in [-0.25, -0.2) is 4.68 Å². The predicted octanol–water partition coefficient (Wildman–Crippen LogP) is 1.56. The number of aryl methyl sites for hydroxylation is 1. The fourth-order valence-electron chi connectivity index (χ4n) is 1.79. The van der Waals surface area contributed by atoms with Gasteiger partial charge >= 0.3 is 0 Å². The lowest BCUT2D eigenvalue weighted by atomic mass is 9.92. The molecule has 0 radical (unpaired) electrons. The Labute approximate surface area is 91.9 Å². The van der Waals surface area contributed by atoms with E-state index in [4.69, 9.17) is 5.73 Å². The SMILES string of the molecule is CCc1cn(C(C)(C)CC(C)CN)nn1. The minimum Gasteiger partial charge on any atom is -0.330 e. The Kier molecular flexibility index (Phi) is 3.85. The fourth-order valence-corrected chi connectivity index (χ4v) is 1.79. The molecule has 1 atom stereocenters. The Morgan fingerprint density at radius 2 is 2.20 bits per heavy atom. The van der Waals surface area contributed by atoms with Gasteiger partial charge in [-0.15, -0.1) is 5.10 Å². The molecule has 0 aliphatic heterocycles. The molecule has 0 bridgehead atoms. The van der Waals surface area contributed by atoms with Crippen LogP contribution in [-0.4, -0.2) is 21.5 Å². The van der Waals surface area contributed by atoms with Crippen LogP contribution in [0, 0.1) is 5.92 Å². The summed E-state index contributed by atoms with van der Waals surface area (Å²) in [5.41, 5.74) is 6.69. The Hall–Kier alpha value is -0.900. The molecule has 0 aromatic carbocycles. The summed E-state index contributed by atoms with van der Waals surface area (Å²) >= 11 is 0. The molecule has 4 nitrogen and oxygen atoms in total. The van der Waals surface area contributed by atoms with Crippen molar-refractivity contribution >= 4 is 0 Å². The average molecular weight is 210 g/mol. The van der Waals surface area contributed by atoms with Crippen LogP contribution >= 0.6 is 0 Å². The summed E-state index contributed by atoms with van der Waals surface area (Å²) in [6, 6.07) is 0. The summed E-state index contributed by atoms with van der Waals surface area (Å²) in [6.45, 7) is 9.32. The Morgan fingerprint density at radius 1 is 1.53 bits per heavy atom. The number of rotatable bonds is 5. The second kappa shape index (κ2) is 4.75. The van der Waals surface area contributed by atoms with Crippen molar-refractivity contribution in [1.29, 1.82) is 0 Å². The highest BCUT2D eigenvalue weighted by Gasteiger charge is 2.23. The van der Waals surface area contributed by atoms with Crippen LogP contribution in [0.2, 0.25) is 0 Å². The Bertz CT molecular complexity index is 303. The number of nitrogens with zero attached hydrogens (tertiary/aromatic N) is 3. The maximum Gasteiger partial charge on any atom is 0.0824 e. The van der Waals surface area contributed by atoms with Gasteiger partial charge in [0.2, 0.25) is 0 Å². The third-order valence-electron chi connectivity index (χ3n) is 2.77. The largest absolute Gasteiger partial charge is 0.330 e. The molecule has 0 aliphatic rings. The third-order valence-corrected chi connectivity index (χ3v) is 2.77. The first-order valence-electron chi connectivity index (χ1n) is 5.61.